The number of pyridine rings is 1. The smallest absolute Gasteiger partial charge is 0.310 e. The van der Waals surface area contributed by atoms with Crippen molar-refractivity contribution in [2.45, 2.75) is 49.5 Å². The molecule has 1 aliphatic carbocycles. The summed E-state index contributed by atoms with van der Waals surface area (Å²) in [5, 5.41) is 9.59. The van der Waals surface area contributed by atoms with Crippen molar-refractivity contribution in [1.29, 1.82) is 0 Å². The van der Waals surface area contributed by atoms with Crippen LogP contribution in [0.3, 0.4) is 0 Å². The van der Waals surface area contributed by atoms with Crippen molar-refractivity contribution in [1.82, 2.24) is 9.71 Å². The number of carbonyl (C=O) groups is 1. The highest BCUT2D eigenvalue weighted by molar-refractivity contribution is 7.89. The maximum absolute atomic E-state index is 12.5. The van der Waals surface area contributed by atoms with Gasteiger partial charge in [-0.2, -0.15) is 0 Å². The molecular weight excluding hydrogens is 364 g/mol. The molecule has 1 aliphatic rings. The van der Waals surface area contributed by atoms with Gasteiger partial charge in [0.15, 0.2) is 0 Å². The molecular formula is C20H24N2O4S. The zero-order valence-electron chi connectivity index (χ0n) is 15.0. The van der Waals surface area contributed by atoms with E-state index >= 15 is 0 Å². The maximum Gasteiger partial charge on any atom is 0.310 e. The molecule has 1 fully saturated rings. The van der Waals surface area contributed by atoms with E-state index in [1.54, 1.807) is 36.7 Å². The minimum Gasteiger partial charge on any atom is -0.481 e. The molecule has 0 amide bonds. The zero-order chi connectivity index (χ0) is 19.3. The highest BCUT2D eigenvalue weighted by Crippen LogP contribution is 2.34. The summed E-state index contributed by atoms with van der Waals surface area (Å²) in [6.45, 7) is 0.150. The summed E-state index contributed by atoms with van der Waals surface area (Å²) < 4.78 is 27.4. The molecule has 1 saturated carbocycles. The van der Waals surface area contributed by atoms with E-state index in [1.807, 2.05) is 0 Å². The molecule has 0 bridgehead atoms. The fraction of sp³-hybridized carbons (Fsp3) is 0.400. The van der Waals surface area contributed by atoms with Gasteiger partial charge >= 0.3 is 5.97 Å². The molecule has 144 valence electrons. The van der Waals surface area contributed by atoms with Crippen LogP contribution in [0.5, 0.6) is 0 Å². The molecule has 3 rings (SSSR count). The van der Waals surface area contributed by atoms with Crippen LogP contribution in [-0.2, 0) is 21.4 Å². The number of carboxylic acid groups (broad SMARTS) is 1. The molecule has 2 aromatic rings. The normalized spacial score (nSPS) is 16.3. The number of sulfonamides is 1. The molecule has 7 heteroatoms. The van der Waals surface area contributed by atoms with Crippen molar-refractivity contribution < 1.29 is 18.3 Å². The largest absolute Gasteiger partial charge is 0.481 e. The zero-order valence-corrected chi connectivity index (χ0v) is 15.9. The Labute approximate surface area is 159 Å². The highest BCUT2D eigenvalue weighted by Gasteiger charge is 2.26. The first-order chi connectivity index (χ1) is 13.0. The van der Waals surface area contributed by atoms with Crippen molar-refractivity contribution in [3.63, 3.8) is 0 Å². The van der Waals surface area contributed by atoms with E-state index in [9.17, 15) is 18.3 Å². The van der Waals surface area contributed by atoms with Gasteiger partial charge in [-0.15, -0.1) is 0 Å². The van der Waals surface area contributed by atoms with Crippen LogP contribution < -0.4 is 4.72 Å². The summed E-state index contributed by atoms with van der Waals surface area (Å²) in [5.41, 5.74) is 1.42. The summed E-state index contributed by atoms with van der Waals surface area (Å²) in [6, 6.07) is 9.73. The first-order valence-electron chi connectivity index (χ1n) is 9.17. The van der Waals surface area contributed by atoms with Crippen LogP contribution in [0.15, 0.2) is 53.7 Å². The van der Waals surface area contributed by atoms with E-state index in [1.165, 1.54) is 12.1 Å². The molecule has 1 aromatic carbocycles. The van der Waals surface area contributed by atoms with Crippen LogP contribution in [0.4, 0.5) is 0 Å². The highest BCUT2D eigenvalue weighted by atomic mass is 32.2. The van der Waals surface area contributed by atoms with Gasteiger partial charge < -0.3 is 5.11 Å². The van der Waals surface area contributed by atoms with Gasteiger partial charge in [-0.3, -0.25) is 9.78 Å². The van der Waals surface area contributed by atoms with Gasteiger partial charge in [-0.1, -0.05) is 43.9 Å². The molecule has 1 aromatic heterocycles. The van der Waals surface area contributed by atoms with Crippen LogP contribution >= 0.6 is 0 Å². The summed E-state index contributed by atoms with van der Waals surface area (Å²) in [6.07, 6.45) is 8.32. The predicted octanol–water partition coefficient (Wildman–Crippen LogP) is 3.31. The quantitative estimate of drug-likeness (QED) is 0.723. The van der Waals surface area contributed by atoms with E-state index in [-0.39, 0.29) is 11.4 Å². The average molecular weight is 388 g/mol. The topological polar surface area (TPSA) is 96.4 Å². The molecule has 2 N–H and O–H groups in total. The number of nitrogens with one attached hydrogen (secondary N) is 1. The number of benzene rings is 1. The fourth-order valence-corrected chi connectivity index (χ4v) is 4.62. The molecule has 0 radical (unpaired) electrons. The van der Waals surface area contributed by atoms with Gasteiger partial charge in [-0.25, -0.2) is 13.1 Å². The Morgan fingerprint density at radius 2 is 1.89 bits per heavy atom. The summed E-state index contributed by atoms with van der Waals surface area (Å²) in [4.78, 5) is 15.8. The number of carboxylic acids is 1. The molecule has 27 heavy (non-hydrogen) atoms. The van der Waals surface area contributed by atoms with Crippen molar-refractivity contribution >= 4 is 16.0 Å². The SMILES string of the molecule is O=C(O)C(CC1CCCC1)c1ccc(S(=O)(=O)NCc2cccnc2)cc1. The van der Waals surface area contributed by atoms with Gasteiger partial charge in [0.05, 0.1) is 10.8 Å². The van der Waals surface area contributed by atoms with Gasteiger partial charge in [0.2, 0.25) is 10.0 Å². The average Bonchev–Trinajstić information content (AvgIpc) is 3.19. The first kappa shape index (κ1) is 19.5. The minimum absolute atomic E-state index is 0.125. The van der Waals surface area contributed by atoms with E-state index in [0.717, 1.165) is 31.2 Å². The first-order valence-corrected chi connectivity index (χ1v) is 10.7. The molecule has 1 heterocycles. The number of aromatic nitrogens is 1. The molecule has 0 spiro atoms. The second-order valence-electron chi connectivity index (χ2n) is 7.03. The third kappa shape index (κ3) is 5.14. The Kier molecular flexibility index (Phi) is 6.23. The molecule has 6 nitrogen and oxygen atoms in total. The molecule has 0 saturated heterocycles. The van der Waals surface area contributed by atoms with Crippen LogP contribution in [0.2, 0.25) is 0 Å². The monoisotopic (exact) mass is 388 g/mol. The minimum atomic E-state index is -3.67. The van der Waals surface area contributed by atoms with Crippen LogP contribution in [-0.4, -0.2) is 24.5 Å². The third-order valence-corrected chi connectivity index (χ3v) is 6.54. The predicted molar refractivity (Wildman–Crippen MR) is 102 cm³/mol. The summed E-state index contributed by atoms with van der Waals surface area (Å²) in [5.74, 6) is -1.00. The van der Waals surface area contributed by atoms with Crippen molar-refractivity contribution in [2.75, 3.05) is 0 Å². The van der Waals surface area contributed by atoms with E-state index in [4.69, 9.17) is 0 Å². The Morgan fingerprint density at radius 1 is 1.19 bits per heavy atom. The Balaban J connectivity index is 1.69. The van der Waals surface area contributed by atoms with Gasteiger partial charge in [-0.05, 0) is 41.7 Å². The van der Waals surface area contributed by atoms with Crippen LogP contribution in [0.1, 0.15) is 49.1 Å². The number of aliphatic carboxylic acids is 1. The van der Waals surface area contributed by atoms with Gasteiger partial charge in [0, 0.05) is 18.9 Å². The lowest BCUT2D eigenvalue weighted by molar-refractivity contribution is -0.139. The maximum atomic E-state index is 12.5. The lowest BCUT2D eigenvalue weighted by Crippen LogP contribution is -2.23. The van der Waals surface area contributed by atoms with Crippen molar-refractivity contribution in [3.8, 4) is 0 Å². The van der Waals surface area contributed by atoms with Crippen LogP contribution in [0, 0.1) is 5.92 Å². The lowest BCUT2D eigenvalue weighted by atomic mass is 9.88. The van der Waals surface area contributed by atoms with Crippen LogP contribution in [0.25, 0.3) is 0 Å². The number of rotatable bonds is 8. The second-order valence-corrected chi connectivity index (χ2v) is 8.80. The van der Waals surface area contributed by atoms with Gasteiger partial charge in [0.1, 0.15) is 0 Å². The van der Waals surface area contributed by atoms with Crippen molar-refractivity contribution in [2.24, 2.45) is 5.92 Å². The second kappa shape index (κ2) is 8.63. The number of hydrogen-bond acceptors (Lipinski definition) is 4. The number of hydrogen-bond donors (Lipinski definition) is 2. The standard InChI is InChI=1S/C20H24N2O4S/c23-20(24)19(12-15-4-1-2-5-15)17-7-9-18(10-8-17)27(25,26)22-14-16-6-3-11-21-13-16/h3,6-11,13,15,19,22H,1-2,4-5,12,14H2,(H,23,24). The summed E-state index contributed by atoms with van der Waals surface area (Å²) >= 11 is 0. The Hall–Kier alpha value is -2.25. The molecule has 0 aliphatic heterocycles. The third-order valence-electron chi connectivity index (χ3n) is 5.12. The van der Waals surface area contributed by atoms with E-state index in [0.29, 0.717) is 17.9 Å². The lowest BCUT2D eigenvalue weighted by Gasteiger charge is -2.17. The van der Waals surface area contributed by atoms with Crippen molar-refractivity contribution in [3.05, 3.63) is 59.9 Å². The Morgan fingerprint density at radius 3 is 2.48 bits per heavy atom. The summed E-state index contributed by atoms with van der Waals surface area (Å²) in [7, 11) is -3.67. The molecule has 1 atom stereocenters. The molecule has 1 unspecified atom stereocenters. The number of nitrogens with zero attached hydrogens (tertiary/aromatic N) is 1. The van der Waals surface area contributed by atoms with E-state index in [2.05, 4.69) is 9.71 Å². The fourth-order valence-electron chi connectivity index (χ4n) is 3.60. The Bertz CT molecular complexity index is 861. The van der Waals surface area contributed by atoms with Gasteiger partial charge in [0.25, 0.3) is 0 Å². The van der Waals surface area contributed by atoms with E-state index < -0.39 is 21.9 Å².